The number of rotatable bonds is 6. The van der Waals surface area contributed by atoms with Crippen LogP contribution in [0.1, 0.15) is 11.7 Å². The Morgan fingerprint density at radius 2 is 1.83 bits per heavy atom. The molecule has 0 fully saturated rings. The van der Waals surface area contributed by atoms with E-state index in [1.54, 1.807) is 23.5 Å². The van der Waals surface area contributed by atoms with Gasteiger partial charge in [-0.1, -0.05) is 35.9 Å². The summed E-state index contributed by atoms with van der Waals surface area (Å²) in [5, 5.41) is 14.3. The van der Waals surface area contributed by atoms with Gasteiger partial charge in [0.25, 0.3) is 0 Å². The van der Waals surface area contributed by atoms with Crippen molar-refractivity contribution in [1.29, 1.82) is 0 Å². The molecule has 0 spiro atoms. The lowest BCUT2D eigenvalue weighted by atomic mass is 10.0. The molecule has 2 aromatic heterocycles. The van der Waals surface area contributed by atoms with Crippen LogP contribution in [0.5, 0.6) is 0 Å². The molecule has 2 N–H and O–H groups in total. The molecule has 4 nitrogen and oxygen atoms in total. The van der Waals surface area contributed by atoms with Gasteiger partial charge >= 0.3 is 0 Å². The first-order chi connectivity index (χ1) is 11.5. The highest BCUT2D eigenvalue weighted by atomic mass is 35.5. The lowest BCUT2D eigenvalue weighted by Crippen LogP contribution is -2.28. The molecule has 3 aromatic rings. The minimum atomic E-state index is -3.66. The number of hydrogen-bond donors (Lipinski definition) is 2. The van der Waals surface area contributed by atoms with Crippen LogP contribution >= 0.6 is 34.3 Å². The average molecular weight is 400 g/mol. The van der Waals surface area contributed by atoms with E-state index in [0.29, 0.717) is 9.90 Å². The Hall–Kier alpha value is -1.22. The minimum Gasteiger partial charge on any atom is -0.387 e. The molecule has 0 saturated carbocycles. The van der Waals surface area contributed by atoms with Crippen LogP contribution < -0.4 is 4.72 Å². The molecule has 126 valence electrons. The molecule has 0 aliphatic heterocycles. The van der Waals surface area contributed by atoms with E-state index in [2.05, 4.69) is 4.72 Å². The fraction of sp³-hybridized carbons (Fsp3) is 0.125. The second kappa shape index (κ2) is 7.35. The maximum Gasteiger partial charge on any atom is 0.250 e. The van der Waals surface area contributed by atoms with Crippen molar-refractivity contribution in [3.05, 3.63) is 63.1 Å². The lowest BCUT2D eigenvalue weighted by molar-refractivity contribution is 0.182. The zero-order valence-electron chi connectivity index (χ0n) is 12.3. The normalized spacial score (nSPS) is 13.1. The summed E-state index contributed by atoms with van der Waals surface area (Å²) in [6.45, 7) is -0.102. The van der Waals surface area contributed by atoms with Crippen LogP contribution in [-0.2, 0) is 10.0 Å². The Labute approximate surface area is 153 Å². The molecule has 0 unspecified atom stereocenters. The number of sulfonamides is 1. The molecule has 0 aliphatic rings. The van der Waals surface area contributed by atoms with Crippen LogP contribution in [0.3, 0.4) is 0 Å². The first kappa shape index (κ1) is 17.6. The van der Waals surface area contributed by atoms with Crippen molar-refractivity contribution in [2.45, 2.75) is 10.3 Å². The SMILES string of the molecule is O=S(=O)(NC[C@H](O)c1ccc(-c2ccsc2)cc1)c1ccc(Cl)s1. The van der Waals surface area contributed by atoms with Gasteiger partial charge in [-0.25, -0.2) is 13.1 Å². The number of aliphatic hydroxyl groups is 1. The van der Waals surface area contributed by atoms with Gasteiger partial charge in [-0.05, 0) is 45.6 Å². The largest absolute Gasteiger partial charge is 0.387 e. The summed E-state index contributed by atoms with van der Waals surface area (Å²) in [4.78, 5) is 0. The summed E-state index contributed by atoms with van der Waals surface area (Å²) in [5.41, 5.74) is 2.83. The molecule has 0 amide bonds. The summed E-state index contributed by atoms with van der Waals surface area (Å²) >= 11 is 8.36. The highest BCUT2D eigenvalue weighted by Gasteiger charge is 2.18. The van der Waals surface area contributed by atoms with Gasteiger partial charge in [0.15, 0.2) is 0 Å². The van der Waals surface area contributed by atoms with E-state index in [0.717, 1.165) is 22.5 Å². The van der Waals surface area contributed by atoms with Gasteiger partial charge in [0.2, 0.25) is 10.0 Å². The third-order valence-electron chi connectivity index (χ3n) is 3.43. The van der Waals surface area contributed by atoms with E-state index in [1.807, 2.05) is 29.0 Å². The second-order valence-electron chi connectivity index (χ2n) is 5.06. The lowest BCUT2D eigenvalue weighted by Gasteiger charge is -2.12. The summed E-state index contributed by atoms with van der Waals surface area (Å²) in [6, 6.07) is 12.4. The Morgan fingerprint density at radius 1 is 1.08 bits per heavy atom. The van der Waals surface area contributed by atoms with Crippen molar-refractivity contribution in [2.75, 3.05) is 6.54 Å². The Balaban J connectivity index is 1.65. The van der Waals surface area contributed by atoms with E-state index in [4.69, 9.17) is 11.6 Å². The van der Waals surface area contributed by atoms with Gasteiger partial charge in [0.05, 0.1) is 10.4 Å². The number of halogens is 1. The van der Waals surface area contributed by atoms with Crippen LogP contribution in [-0.4, -0.2) is 20.1 Å². The highest BCUT2D eigenvalue weighted by Crippen LogP contribution is 2.26. The fourth-order valence-electron chi connectivity index (χ4n) is 2.15. The molecule has 1 aromatic carbocycles. The smallest absolute Gasteiger partial charge is 0.250 e. The molecular weight excluding hydrogens is 386 g/mol. The van der Waals surface area contributed by atoms with Crippen molar-refractivity contribution in [3.63, 3.8) is 0 Å². The molecule has 0 aliphatic carbocycles. The molecule has 3 rings (SSSR count). The summed E-state index contributed by atoms with van der Waals surface area (Å²) < 4.78 is 27.2. The van der Waals surface area contributed by atoms with Gasteiger partial charge < -0.3 is 5.11 Å². The van der Waals surface area contributed by atoms with Crippen LogP contribution in [0.2, 0.25) is 4.34 Å². The number of nitrogens with one attached hydrogen (secondary N) is 1. The summed E-state index contributed by atoms with van der Waals surface area (Å²) in [7, 11) is -3.66. The van der Waals surface area contributed by atoms with E-state index >= 15 is 0 Å². The quantitative estimate of drug-likeness (QED) is 0.654. The van der Waals surface area contributed by atoms with E-state index in [9.17, 15) is 13.5 Å². The second-order valence-corrected chi connectivity index (χ2v) is 9.55. The molecular formula is C16H14ClNO3S3. The van der Waals surface area contributed by atoms with Crippen LogP contribution in [0.25, 0.3) is 11.1 Å². The van der Waals surface area contributed by atoms with Gasteiger partial charge in [0, 0.05) is 6.54 Å². The molecule has 1 atom stereocenters. The molecule has 0 saturated heterocycles. The zero-order valence-corrected chi connectivity index (χ0v) is 15.6. The summed E-state index contributed by atoms with van der Waals surface area (Å²) in [6.07, 6.45) is -0.924. The predicted octanol–water partition coefficient (Wildman–Crippen LogP) is 4.14. The summed E-state index contributed by atoms with van der Waals surface area (Å²) in [5.74, 6) is 0. The van der Waals surface area contributed by atoms with Gasteiger partial charge in [0.1, 0.15) is 4.21 Å². The monoisotopic (exact) mass is 399 g/mol. The zero-order chi connectivity index (χ0) is 17.2. The van der Waals surface area contributed by atoms with Gasteiger partial charge in [-0.15, -0.1) is 11.3 Å². The maximum absolute atomic E-state index is 12.1. The molecule has 24 heavy (non-hydrogen) atoms. The van der Waals surface area contributed by atoms with Crippen molar-refractivity contribution < 1.29 is 13.5 Å². The third-order valence-corrected chi connectivity index (χ3v) is 7.26. The number of benzene rings is 1. The third kappa shape index (κ3) is 4.05. The van der Waals surface area contributed by atoms with Crippen molar-refractivity contribution in [1.82, 2.24) is 4.72 Å². The van der Waals surface area contributed by atoms with Crippen LogP contribution in [0.4, 0.5) is 0 Å². The molecule has 0 bridgehead atoms. The van der Waals surface area contributed by atoms with E-state index in [-0.39, 0.29) is 10.8 Å². The number of hydrogen-bond acceptors (Lipinski definition) is 5. The van der Waals surface area contributed by atoms with Crippen molar-refractivity contribution >= 4 is 44.3 Å². The van der Waals surface area contributed by atoms with E-state index < -0.39 is 16.1 Å². The Kier molecular flexibility index (Phi) is 5.39. The van der Waals surface area contributed by atoms with Crippen LogP contribution in [0.15, 0.2) is 57.4 Å². The van der Waals surface area contributed by atoms with Gasteiger partial charge in [-0.3, -0.25) is 0 Å². The highest BCUT2D eigenvalue weighted by molar-refractivity contribution is 7.91. The van der Waals surface area contributed by atoms with Crippen molar-refractivity contribution in [3.8, 4) is 11.1 Å². The number of thiophene rings is 2. The average Bonchev–Trinajstić information content (AvgIpc) is 3.24. The minimum absolute atomic E-state index is 0.102. The number of aliphatic hydroxyl groups excluding tert-OH is 1. The standard InChI is InChI=1S/C16H14ClNO3S3/c17-15-5-6-16(23-15)24(20,21)18-9-14(19)12-3-1-11(2-4-12)13-7-8-22-10-13/h1-8,10,14,18-19H,9H2/t14-/m0/s1. The fourth-order valence-corrected chi connectivity index (χ4v) is 5.38. The maximum atomic E-state index is 12.1. The Bertz CT molecular complexity index is 902. The van der Waals surface area contributed by atoms with Gasteiger partial charge in [-0.2, -0.15) is 11.3 Å². The molecule has 2 heterocycles. The van der Waals surface area contributed by atoms with Crippen molar-refractivity contribution in [2.24, 2.45) is 0 Å². The Morgan fingerprint density at radius 3 is 2.42 bits per heavy atom. The first-order valence-electron chi connectivity index (χ1n) is 7.01. The first-order valence-corrected chi connectivity index (χ1v) is 10.6. The van der Waals surface area contributed by atoms with E-state index in [1.165, 1.54) is 12.1 Å². The molecule has 0 radical (unpaired) electrons. The predicted molar refractivity (Wildman–Crippen MR) is 99.2 cm³/mol. The topological polar surface area (TPSA) is 66.4 Å². The molecule has 8 heteroatoms. The van der Waals surface area contributed by atoms with Crippen LogP contribution in [0, 0.1) is 0 Å².